The van der Waals surface area contributed by atoms with Crippen LogP contribution in [0.5, 0.6) is 0 Å². The zero-order valence-corrected chi connectivity index (χ0v) is 7.45. The zero-order valence-electron chi connectivity index (χ0n) is 7.45. The van der Waals surface area contributed by atoms with Crippen LogP contribution >= 0.6 is 0 Å². The molecule has 0 unspecified atom stereocenters. The van der Waals surface area contributed by atoms with Crippen molar-refractivity contribution >= 4 is 5.97 Å². The van der Waals surface area contributed by atoms with Crippen molar-refractivity contribution in [1.82, 2.24) is 0 Å². The standard InChI is InChI=1S/C8H17NO3/c1-2-3-5-12-6-4-7(9)8(10)11/h7H,2-6,9H2,1H3,(H,10,11)/t7-/m0/s1. The lowest BCUT2D eigenvalue weighted by molar-refractivity contribution is -0.139. The molecule has 0 aromatic heterocycles. The Morgan fingerprint density at radius 1 is 1.58 bits per heavy atom. The van der Waals surface area contributed by atoms with Gasteiger partial charge in [0.1, 0.15) is 6.04 Å². The molecule has 0 aromatic carbocycles. The Kier molecular flexibility index (Phi) is 6.70. The van der Waals surface area contributed by atoms with E-state index in [4.69, 9.17) is 15.6 Å². The molecule has 0 aliphatic heterocycles. The van der Waals surface area contributed by atoms with Gasteiger partial charge in [0.2, 0.25) is 0 Å². The van der Waals surface area contributed by atoms with Crippen LogP contribution in [0.1, 0.15) is 26.2 Å². The summed E-state index contributed by atoms with van der Waals surface area (Å²) in [6, 6.07) is -0.786. The van der Waals surface area contributed by atoms with Crippen LogP contribution in [0, 0.1) is 0 Å². The molecule has 12 heavy (non-hydrogen) atoms. The van der Waals surface area contributed by atoms with Crippen molar-refractivity contribution in [1.29, 1.82) is 0 Å². The molecule has 1 atom stereocenters. The second-order valence-electron chi connectivity index (χ2n) is 2.70. The Labute approximate surface area is 72.7 Å². The van der Waals surface area contributed by atoms with Crippen molar-refractivity contribution in [3.63, 3.8) is 0 Å². The lowest BCUT2D eigenvalue weighted by atomic mass is 10.2. The molecule has 4 nitrogen and oxygen atoms in total. The van der Waals surface area contributed by atoms with Gasteiger partial charge >= 0.3 is 5.97 Å². The molecule has 72 valence electrons. The Morgan fingerprint density at radius 2 is 2.25 bits per heavy atom. The zero-order chi connectivity index (χ0) is 9.40. The number of aliphatic carboxylic acids is 1. The molecule has 0 rings (SSSR count). The molecule has 0 aromatic rings. The molecule has 3 N–H and O–H groups in total. The van der Waals surface area contributed by atoms with E-state index < -0.39 is 12.0 Å². The molecule has 0 bridgehead atoms. The van der Waals surface area contributed by atoms with E-state index in [2.05, 4.69) is 6.92 Å². The Hall–Kier alpha value is -0.610. The molecule has 0 fully saturated rings. The summed E-state index contributed by atoms with van der Waals surface area (Å²) in [7, 11) is 0. The van der Waals surface area contributed by atoms with Gasteiger partial charge in [-0.3, -0.25) is 4.79 Å². The third kappa shape index (κ3) is 6.12. The summed E-state index contributed by atoms with van der Waals surface area (Å²) in [5.41, 5.74) is 5.25. The summed E-state index contributed by atoms with van der Waals surface area (Å²) in [4.78, 5) is 10.2. The van der Waals surface area contributed by atoms with Gasteiger partial charge in [-0.25, -0.2) is 0 Å². The van der Waals surface area contributed by atoms with Crippen molar-refractivity contribution in [3.8, 4) is 0 Å². The topological polar surface area (TPSA) is 72.5 Å². The summed E-state index contributed by atoms with van der Waals surface area (Å²) >= 11 is 0. The van der Waals surface area contributed by atoms with E-state index in [0.717, 1.165) is 12.8 Å². The fourth-order valence-electron chi connectivity index (χ4n) is 0.682. The highest BCUT2D eigenvalue weighted by atomic mass is 16.5. The minimum Gasteiger partial charge on any atom is -0.480 e. The number of unbranched alkanes of at least 4 members (excludes halogenated alkanes) is 1. The smallest absolute Gasteiger partial charge is 0.320 e. The van der Waals surface area contributed by atoms with Gasteiger partial charge in [-0.1, -0.05) is 13.3 Å². The van der Waals surface area contributed by atoms with Crippen molar-refractivity contribution in [3.05, 3.63) is 0 Å². The van der Waals surface area contributed by atoms with Gasteiger partial charge in [-0.15, -0.1) is 0 Å². The minimum atomic E-state index is -0.964. The first-order valence-electron chi connectivity index (χ1n) is 4.24. The van der Waals surface area contributed by atoms with Crippen LogP contribution in [0.25, 0.3) is 0 Å². The van der Waals surface area contributed by atoms with E-state index in [-0.39, 0.29) is 0 Å². The van der Waals surface area contributed by atoms with Crippen LogP contribution < -0.4 is 5.73 Å². The largest absolute Gasteiger partial charge is 0.480 e. The number of hydrogen-bond acceptors (Lipinski definition) is 3. The van der Waals surface area contributed by atoms with Gasteiger partial charge in [-0.2, -0.15) is 0 Å². The molecule has 0 spiro atoms. The molecule has 0 saturated heterocycles. The number of carboxylic acids is 1. The van der Waals surface area contributed by atoms with Crippen LogP contribution in [0.4, 0.5) is 0 Å². The molecule has 0 amide bonds. The average molecular weight is 175 g/mol. The number of carboxylic acid groups (broad SMARTS) is 1. The molecule has 0 saturated carbocycles. The van der Waals surface area contributed by atoms with E-state index in [0.29, 0.717) is 19.6 Å². The lowest BCUT2D eigenvalue weighted by Gasteiger charge is -2.06. The van der Waals surface area contributed by atoms with Crippen molar-refractivity contribution in [2.24, 2.45) is 5.73 Å². The summed E-state index contributed by atoms with van der Waals surface area (Å²) in [5.74, 6) is -0.964. The van der Waals surface area contributed by atoms with E-state index in [1.165, 1.54) is 0 Å². The highest BCUT2D eigenvalue weighted by Gasteiger charge is 2.09. The SMILES string of the molecule is CCCCOCC[C@H](N)C(=O)O. The van der Waals surface area contributed by atoms with Gasteiger partial charge in [0.05, 0.1) is 0 Å². The molecule has 4 heteroatoms. The number of nitrogens with two attached hydrogens (primary N) is 1. The molecule has 0 aliphatic rings. The average Bonchev–Trinajstić information content (AvgIpc) is 2.03. The van der Waals surface area contributed by atoms with Crippen molar-refractivity contribution in [2.75, 3.05) is 13.2 Å². The summed E-state index contributed by atoms with van der Waals surface area (Å²) in [5, 5.41) is 8.40. The fourth-order valence-corrected chi connectivity index (χ4v) is 0.682. The predicted octanol–water partition coefficient (Wildman–Crippen LogP) is 0.605. The quantitative estimate of drug-likeness (QED) is 0.556. The highest BCUT2D eigenvalue weighted by molar-refractivity contribution is 5.72. The maximum Gasteiger partial charge on any atom is 0.320 e. The van der Waals surface area contributed by atoms with Crippen LogP contribution in [0.2, 0.25) is 0 Å². The van der Waals surface area contributed by atoms with Gasteiger partial charge in [0, 0.05) is 13.2 Å². The van der Waals surface area contributed by atoms with Crippen molar-refractivity contribution < 1.29 is 14.6 Å². The normalized spacial score (nSPS) is 12.8. The van der Waals surface area contributed by atoms with Crippen LogP contribution in [-0.4, -0.2) is 30.3 Å². The molecular weight excluding hydrogens is 158 g/mol. The van der Waals surface area contributed by atoms with E-state index >= 15 is 0 Å². The monoisotopic (exact) mass is 175 g/mol. The third-order valence-corrected chi connectivity index (χ3v) is 1.53. The molecular formula is C8H17NO3. The minimum absolute atomic E-state index is 0.388. The van der Waals surface area contributed by atoms with E-state index in [1.54, 1.807) is 0 Å². The maximum absolute atomic E-state index is 10.2. The van der Waals surface area contributed by atoms with Crippen LogP contribution in [-0.2, 0) is 9.53 Å². The first-order chi connectivity index (χ1) is 5.68. The summed E-state index contributed by atoms with van der Waals surface area (Å²) < 4.78 is 5.15. The first kappa shape index (κ1) is 11.4. The number of ether oxygens (including phenoxy) is 1. The highest BCUT2D eigenvalue weighted by Crippen LogP contribution is 1.92. The summed E-state index contributed by atoms with van der Waals surface area (Å²) in [6.07, 6.45) is 2.49. The fraction of sp³-hybridized carbons (Fsp3) is 0.875. The van der Waals surface area contributed by atoms with Gasteiger partial charge < -0.3 is 15.6 Å². The number of carbonyl (C=O) groups is 1. The summed E-state index contributed by atoms with van der Waals surface area (Å²) in [6.45, 7) is 3.21. The maximum atomic E-state index is 10.2. The Bertz CT molecular complexity index is 127. The van der Waals surface area contributed by atoms with Gasteiger partial charge in [0.25, 0.3) is 0 Å². The number of hydrogen-bond donors (Lipinski definition) is 2. The Balaban J connectivity index is 3.14. The lowest BCUT2D eigenvalue weighted by Crippen LogP contribution is -2.31. The molecule has 0 aliphatic carbocycles. The van der Waals surface area contributed by atoms with Gasteiger partial charge in [0.15, 0.2) is 0 Å². The Morgan fingerprint density at radius 3 is 2.75 bits per heavy atom. The van der Waals surface area contributed by atoms with E-state index in [9.17, 15) is 4.79 Å². The van der Waals surface area contributed by atoms with Crippen molar-refractivity contribution in [2.45, 2.75) is 32.2 Å². The molecule has 0 heterocycles. The van der Waals surface area contributed by atoms with E-state index in [1.807, 2.05) is 0 Å². The second-order valence-corrected chi connectivity index (χ2v) is 2.70. The first-order valence-corrected chi connectivity index (χ1v) is 4.24. The number of rotatable bonds is 7. The van der Waals surface area contributed by atoms with Crippen LogP contribution in [0.15, 0.2) is 0 Å². The molecule has 0 radical (unpaired) electrons. The van der Waals surface area contributed by atoms with Gasteiger partial charge in [-0.05, 0) is 12.8 Å². The van der Waals surface area contributed by atoms with Crippen LogP contribution in [0.3, 0.4) is 0 Å². The third-order valence-electron chi connectivity index (χ3n) is 1.53. The second kappa shape index (κ2) is 7.06. The predicted molar refractivity (Wildman–Crippen MR) is 46.0 cm³/mol.